The number of furan rings is 1. The van der Waals surface area contributed by atoms with Gasteiger partial charge in [0, 0.05) is 21.7 Å². The number of amides is 1. The molecule has 45 heavy (non-hydrogen) atoms. The van der Waals surface area contributed by atoms with Crippen LogP contribution in [0.1, 0.15) is 5.56 Å². The number of rotatable bonds is 7. The molecule has 0 aliphatic heterocycles. The number of hydrogen-bond donors (Lipinski definition) is 1. The van der Waals surface area contributed by atoms with Crippen LogP contribution in [-0.2, 0) is 4.79 Å². The van der Waals surface area contributed by atoms with E-state index in [1.807, 2.05) is 30.3 Å². The summed E-state index contributed by atoms with van der Waals surface area (Å²) in [5.74, 6) is 0.0639. The van der Waals surface area contributed by atoms with Crippen LogP contribution in [0.2, 0.25) is 5.02 Å². The van der Waals surface area contributed by atoms with E-state index in [0.29, 0.717) is 44.3 Å². The van der Waals surface area contributed by atoms with Crippen molar-refractivity contribution in [3.05, 3.63) is 136 Å². The zero-order valence-corrected chi connectivity index (χ0v) is 24.2. The predicted molar refractivity (Wildman–Crippen MR) is 174 cm³/mol. The van der Waals surface area contributed by atoms with Crippen LogP contribution in [0.15, 0.2) is 124 Å². The molecule has 0 aliphatic carbocycles. The van der Waals surface area contributed by atoms with Crippen LogP contribution in [0.3, 0.4) is 0 Å². The molecule has 0 fully saturated rings. The van der Waals surface area contributed by atoms with E-state index in [4.69, 9.17) is 25.7 Å². The SMILES string of the molecule is O=C(COc1ccc2ccccc2c1C=Nn1c(-c2cc3cc(Cl)ccc3o2)nc2ccccc2c1=O)Nc1ccc(F)cc1. The van der Waals surface area contributed by atoms with Gasteiger partial charge in [0.25, 0.3) is 11.5 Å². The van der Waals surface area contributed by atoms with Crippen molar-refractivity contribution in [2.24, 2.45) is 5.10 Å². The molecule has 0 unspecified atom stereocenters. The summed E-state index contributed by atoms with van der Waals surface area (Å²) in [4.78, 5) is 31.2. The number of para-hydroxylation sites is 1. The van der Waals surface area contributed by atoms with Crippen molar-refractivity contribution in [1.82, 2.24) is 9.66 Å². The van der Waals surface area contributed by atoms with Crippen LogP contribution in [0.5, 0.6) is 5.75 Å². The van der Waals surface area contributed by atoms with Crippen molar-refractivity contribution in [2.75, 3.05) is 11.9 Å². The smallest absolute Gasteiger partial charge is 0.282 e. The first-order chi connectivity index (χ1) is 21.9. The third-order valence-corrected chi connectivity index (χ3v) is 7.41. The molecule has 2 aromatic heterocycles. The lowest BCUT2D eigenvalue weighted by atomic mass is 10.0. The van der Waals surface area contributed by atoms with E-state index < -0.39 is 17.3 Å². The molecule has 7 rings (SSSR count). The van der Waals surface area contributed by atoms with Crippen LogP contribution >= 0.6 is 11.6 Å². The lowest BCUT2D eigenvalue weighted by Crippen LogP contribution is -2.21. The first kappa shape index (κ1) is 28.0. The second-order valence-electron chi connectivity index (χ2n) is 10.1. The maximum atomic E-state index is 13.8. The Balaban J connectivity index is 1.30. The maximum Gasteiger partial charge on any atom is 0.282 e. The first-order valence-electron chi connectivity index (χ1n) is 13.9. The van der Waals surface area contributed by atoms with Gasteiger partial charge < -0.3 is 14.5 Å². The molecule has 0 saturated carbocycles. The van der Waals surface area contributed by atoms with Crippen LogP contribution in [-0.4, -0.2) is 28.4 Å². The quantitative estimate of drug-likeness (QED) is 0.185. The second-order valence-corrected chi connectivity index (χ2v) is 10.6. The minimum Gasteiger partial charge on any atom is -0.483 e. The third kappa shape index (κ3) is 5.64. The standard InChI is InChI=1S/C35H22ClFN4O4/c36-23-10-16-30-22(17-23)18-32(45-30)34-40-29-8-4-3-7-27(29)35(43)41(34)38-19-28-26-6-2-1-5-21(26)9-15-31(28)44-20-33(42)39-25-13-11-24(37)12-14-25/h1-19H,20H2,(H,39,42). The van der Waals surface area contributed by atoms with E-state index in [2.05, 4.69) is 10.4 Å². The highest BCUT2D eigenvalue weighted by atomic mass is 35.5. The normalized spacial score (nSPS) is 11.5. The summed E-state index contributed by atoms with van der Waals surface area (Å²) in [5, 5.41) is 10.7. The molecule has 1 amide bonds. The average molecular weight is 617 g/mol. The molecule has 220 valence electrons. The number of anilines is 1. The van der Waals surface area contributed by atoms with Gasteiger partial charge in [-0.3, -0.25) is 9.59 Å². The van der Waals surface area contributed by atoms with Gasteiger partial charge in [-0.05, 0) is 77.5 Å². The summed E-state index contributed by atoms with van der Waals surface area (Å²) in [5.41, 5.74) is 1.66. The van der Waals surface area contributed by atoms with E-state index in [-0.39, 0.29) is 12.4 Å². The molecule has 0 aliphatic rings. The fraction of sp³-hybridized carbons (Fsp3) is 0.0286. The molecule has 0 bridgehead atoms. The number of nitrogens with zero attached hydrogens (tertiary/aromatic N) is 3. The number of ether oxygens (including phenoxy) is 1. The highest BCUT2D eigenvalue weighted by molar-refractivity contribution is 6.31. The van der Waals surface area contributed by atoms with Crippen molar-refractivity contribution >= 4 is 62.1 Å². The van der Waals surface area contributed by atoms with Gasteiger partial charge in [0.1, 0.15) is 17.1 Å². The van der Waals surface area contributed by atoms with Crippen molar-refractivity contribution < 1.29 is 18.3 Å². The number of halogens is 2. The predicted octanol–water partition coefficient (Wildman–Crippen LogP) is 7.66. The molecule has 2 heterocycles. The summed E-state index contributed by atoms with van der Waals surface area (Å²) in [7, 11) is 0. The van der Waals surface area contributed by atoms with E-state index in [0.717, 1.165) is 16.2 Å². The van der Waals surface area contributed by atoms with E-state index in [1.165, 1.54) is 35.2 Å². The van der Waals surface area contributed by atoms with Gasteiger partial charge in [0.05, 0.1) is 17.1 Å². The van der Waals surface area contributed by atoms with Crippen LogP contribution in [0.4, 0.5) is 10.1 Å². The number of hydrogen-bond acceptors (Lipinski definition) is 6. The lowest BCUT2D eigenvalue weighted by molar-refractivity contribution is -0.118. The molecule has 0 saturated heterocycles. The Morgan fingerprint density at radius 3 is 2.56 bits per heavy atom. The Hall–Kier alpha value is -5.80. The Bertz CT molecular complexity index is 2330. The van der Waals surface area contributed by atoms with Gasteiger partial charge in [0.15, 0.2) is 12.4 Å². The first-order valence-corrected chi connectivity index (χ1v) is 14.3. The van der Waals surface area contributed by atoms with Gasteiger partial charge >= 0.3 is 0 Å². The van der Waals surface area contributed by atoms with Crippen LogP contribution < -0.4 is 15.6 Å². The summed E-state index contributed by atoms with van der Waals surface area (Å²) in [6, 6.07) is 30.7. The van der Waals surface area contributed by atoms with Gasteiger partial charge in [-0.2, -0.15) is 9.78 Å². The van der Waals surface area contributed by atoms with Crippen molar-refractivity contribution in [3.63, 3.8) is 0 Å². The van der Waals surface area contributed by atoms with Crippen molar-refractivity contribution in [1.29, 1.82) is 0 Å². The Kier molecular flexibility index (Phi) is 7.28. The number of carbonyl (C=O) groups excluding carboxylic acids is 1. The Morgan fingerprint density at radius 1 is 0.933 bits per heavy atom. The minimum atomic E-state index is -0.431. The number of fused-ring (bicyclic) bond motifs is 3. The molecule has 0 atom stereocenters. The summed E-state index contributed by atoms with van der Waals surface area (Å²) in [6.45, 7) is -0.319. The van der Waals surface area contributed by atoms with E-state index >= 15 is 0 Å². The summed E-state index contributed by atoms with van der Waals surface area (Å²) < 4.78 is 26.5. The highest BCUT2D eigenvalue weighted by Crippen LogP contribution is 2.30. The molecule has 0 radical (unpaired) electrons. The topological polar surface area (TPSA) is 98.7 Å². The Morgan fingerprint density at radius 2 is 1.71 bits per heavy atom. The van der Waals surface area contributed by atoms with Crippen LogP contribution in [0, 0.1) is 5.82 Å². The summed E-state index contributed by atoms with van der Waals surface area (Å²) >= 11 is 6.19. The molecular formula is C35H22ClFN4O4. The molecule has 1 N–H and O–H groups in total. The van der Waals surface area contributed by atoms with Gasteiger partial charge in [-0.25, -0.2) is 9.37 Å². The molecule has 7 aromatic rings. The number of nitrogens with one attached hydrogen (secondary N) is 1. The number of carbonyl (C=O) groups is 1. The average Bonchev–Trinajstić information content (AvgIpc) is 3.47. The largest absolute Gasteiger partial charge is 0.483 e. The van der Waals surface area contributed by atoms with Gasteiger partial charge in [-0.15, -0.1) is 0 Å². The minimum absolute atomic E-state index is 0.198. The highest BCUT2D eigenvalue weighted by Gasteiger charge is 2.17. The monoisotopic (exact) mass is 616 g/mol. The van der Waals surface area contributed by atoms with Gasteiger partial charge in [0.2, 0.25) is 5.82 Å². The molecule has 8 nitrogen and oxygen atoms in total. The van der Waals surface area contributed by atoms with E-state index in [1.54, 1.807) is 54.6 Å². The fourth-order valence-corrected chi connectivity index (χ4v) is 5.22. The van der Waals surface area contributed by atoms with Gasteiger partial charge in [-0.1, -0.05) is 54.1 Å². The van der Waals surface area contributed by atoms with Crippen molar-refractivity contribution in [3.8, 4) is 17.3 Å². The Labute approximate surface area is 260 Å². The third-order valence-electron chi connectivity index (χ3n) is 7.17. The zero-order valence-electron chi connectivity index (χ0n) is 23.4. The molecule has 5 aromatic carbocycles. The molecule has 10 heteroatoms. The fourth-order valence-electron chi connectivity index (χ4n) is 5.04. The maximum absolute atomic E-state index is 13.8. The van der Waals surface area contributed by atoms with Crippen molar-refractivity contribution in [2.45, 2.75) is 0 Å². The lowest BCUT2D eigenvalue weighted by Gasteiger charge is -2.12. The number of aromatic nitrogens is 2. The summed E-state index contributed by atoms with van der Waals surface area (Å²) in [6.07, 6.45) is 1.51. The molecule has 0 spiro atoms. The second kappa shape index (κ2) is 11.7. The zero-order chi connectivity index (χ0) is 30.9. The molecular weight excluding hydrogens is 595 g/mol. The van der Waals surface area contributed by atoms with Crippen LogP contribution in [0.25, 0.3) is 44.2 Å². The van der Waals surface area contributed by atoms with E-state index in [9.17, 15) is 14.0 Å². The number of benzene rings is 5.